The molecule has 0 amide bonds. The Morgan fingerprint density at radius 2 is 1.94 bits per heavy atom. The van der Waals surface area contributed by atoms with E-state index in [1.165, 1.54) is 39.1 Å². The molecule has 2 atom stereocenters. The van der Waals surface area contributed by atoms with Crippen molar-refractivity contribution < 1.29 is 0 Å². The van der Waals surface area contributed by atoms with Crippen LogP contribution in [0.25, 0.3) is 0 Å². The Kier molecular flexibility index (Phi) is 6.45. The van der Waals surface area contributed by atoms with Gasteiger partial charge in [0.15, 0.2) is 0 Å². The van der Waals surface area contributed by atoms with E-state index in [0.717, 1.165) is 11.8 Å². The Labute approximate surface area is 108 Å². The summed E-state index contributed by atoms with van der Waals surface area (Å²) in [6.45, 7) is 13.0. The highest BCUT2D eigenvalue weighted by atomic mass is 15.2. The predicted molar refractivity (Wildman–Crippen MR) is 75.4 cm³/mol. The molecule has 0 aliphatic carbocycles. The third kappa shape index (κ3) is 5.84. The maximum Gasteiger partial charge on any atom is 0.0109 e. The second kappa shape index (κ2) is 7.34. The van der Waals surface area contributed by atoms with Crippen LogP contribution in [0.4, 0.5) is 0 Å². The molecule has 1 heterocycles. The van der Waals surface area contributed by atoms with E-state index in [4.69, 9.17) is 0 Å². The molecule has 0 saturated carbocycles. The molecule has 1 fully saturated rings. The van der Waals surface area contributed by atoms with E-state index in [-0.39, 0.29) is 0 Å². The minimum absolute atomic E-state index is 0.698. The normalized spacial score (nSPS) is 25.4. The lowest BCUT2D eigenvalue weighted by Crippen LogP contribution is -2.40. The smallest absolute Gasteiger partial charge is 0.0109 e. The summed E-state index contributed by atoms with van der Waals surface area (Å²) in [6.07, 6.45) is 1.34. The van der Waals surface area contributed by atoms with E-state index in [1.807, 2.05) is 0 Å². The minimum atomic E-state index is 0.698. The van der Waals surface area contributed by atoms with Gasteiger partial charge in [0.25, 0.3) is 0 Å². The number of hydrogen-bond acceptors (Lipinski definition) is 3. The molecular formula is C14H31N3. The Balaban J connectivity index is 2.38. The molecule has 102 valence electrons. The van der Waals surface area contributed by atoms with Crippen LogP contribution in [0.1, 0.15) is 27.2 Å². The summed E-state index contributed by atoms with van der Waals surface area (Å²) in [5.41, 5.74) is 0. The van der Waals surface area contributed by atoms with Crippen molar-refractivity contribution in [3.8, 4) is 0 Å². The van der Waals surface area contributed by atoms with Crippen molar-refractivity contribution in [2.45, 2.75) is 33.2 Å². The molecule has 0 spiro atoms. The summed E-state index contributed by atoms with van der Waals surface area (Å²) in [5.74, 6) is 1.61. The number of hydrogen-bond donors (Lipinski definition) is 1. The van der Waals surface area contributed by atoms with Gasteiger partial charge < -0.3 is 15.1 Å². The van der Waals surface area contributed by atoms with E-state index in [0.29, 0.717) is 6.04 Å². The van der Waals surface area contributed by atoms with Crippen molar-refractivity contribution in [2.75, 3.05) is 46.8 Å². The maximum atomic E-state index is 3.56. The highest BCUT2D eigenvalue weighted by Crippen LogP contribution is 2.17. The fourth-order valence-corrected chi connectivity index (χ4v) is 2.61. The number of rotatable bonds is 7. The van der Waals surface area contributed by atoms with Gasteiger partial charge in [-0.1, -0.05) is 13.8 Å². The van der Waals surface area contributed by atoms with Gasteiger partial charge in [0, 0.05) is 32.2 Å². The Hall–Kier alpha value is -0.120. The first-order chi connectivity index (χ1) is 7.99. The van der Waals surface area contributed by atoms with Gasteiger partial charge in [-0.2, -0.15) is 0 Å². The largest absolute Gasteiger partial charge is 0.314 e. The average molecular weight is 241 g/mol. The highest BCUT2D eigenvalue weighted by Gasteiger charge is 2.24. The third-order valence-electron chi connectivity index (χ3n) is 3.67. The standard InChI is InChI=1S/C14H31N3/c1-12(2)10-17(9-8-16(4)5)11-14-6-7-15-13(14)3/h12-15H,6-11H2,1-5H3. The second-order valence-corrected chi connectivity index (χ2v) is 6.25. The van der Waals surface area contributed by atoms with Gasteiger partial charge in [-0.15, -0.1) is 0 Å². The van der Waals surface area contributed by atoms with Gasteiger partial charge in [0.2, 0.25) is 0 Å². The summed E-state index contributed by atoms with van der Waals surface area (Å²) in [6, 6.07) is 0.698. The van der Waals surface area contributed by atoms with E-state index in [2.05, 4.69) is 50.0 Å². The molecular weight excluding hydrogens is 210 g/mol. The van der Waals surface area contributed by atoms with Gasteiger partial charge in [-0.05, 0) is 45.8 Å². The average Bonchev–Trinajstić information content (AvgIpc) is 2.60. The van der Waals surface area contributed by atoms with Crippen molar-refractivity contribution >= 4 is 0 Å². The van der Waals surface area contributed by atoms with Crippen LogP contribution in [-0.2, 0) is 0 Å². The van der Waals surface area contributed by atoms with E-state index in [9.17, 15) is 0 Å². The second-order valence-electron chi connectivity index (χ2n) is 6.25. The van der Waals surface area contributed by atoms with E-state index >= 15 is 0 Å². The Morgan fingerprint density at radius 1 is 1.24 bits per heavy atom. The minimum Gasteiger partial charge on any atom is -0.314 e. The van der Waals surface area contributed by atoms with Gasteiger partial charge in [-0.3, -0.25) is 0 Å². The lowest BCUT2D eigenvalue weighted by molar-refractivity contribution is 0.185. The molecule has 0 bridgehead atoms. The molecule has 17 heavy (non-hydrogen) atoms. The fourth-order valence-electron chi connectivity index (χ4n) is 2.61. The lowest BCUT2D eigenvalue weighted by Gasteiger charge is -2.29. The van der Waals surface area contributed by atoms with Crippen molar-refractivity contribution in [1.82, 2.24) is 15.1 Å². The topological polar surface area (TPSA) is 18.5 Å². The van der Waals surface area contributed by atoms with E-state index in [1.54, 1.807) is 0 Å². The van der Waals surface area contributed by atoms with Crippen molar-refractivity contribution in [3.63, 3.8) is 0 Å². The monoisotopic (exact) mass is 241 g/mol. The molecule has 1 aliphatic rings. The fraction of sp³-hybridized carbons (Fsp3) is 1.00. The zero-order chi connectivity index (χ0) is 12.8. The van der Waals surface area contributed by atoms with Crippen LogP contribution >= 0.6 is 0 Å². The molecule has 1 rings (SSSR count). The van der Waals surface area contributed by atoms with Crippen LogP contribution in [0.15, 0.2) is 0 Å². The molecule has 3 heteroatoms. The van der Waals surface area contributed by atoms with Gasteiger partial charge >= 0.3 is 0 Å². The summed E-state index contributed by atoms with van der Waals surface area (Å²) in [7, 11) is 4.32. The first-order valence-corrected chi connectivity index (χ1v) is 7.09. The summed E-state index contributed by atoms with van der Waals surface area (Å²) in [5, 5.41) is 3.56. The van der Waals surface area contributed by atoms with Crippen LogP contribution in [0.3, 0.4) is 0 Å². The lowest BCUT2D eigenvalue weighted by atomic mass is 10.0. The zero-order valence-corrected chi connectivity index (χ0v) is 12.4. The summed E-state index contributed by atoms with van der Waals surface area (Å²) < 4.78 is 0. The quantitative estimate of drug-likeness (QED) is 0.729. The maximum absolute atomic E-state index is 3.56. The molecule has 0 aromatic heterocycles. The van der Waals surface area contributed by atoms with Crippen molar-refractivity contribution in [1.29, 1.82) is 0 Å². The van der Waals surface area contributed by atoms with Crippen LogP contribution in [0.2, 0.25) is 0 Å². The van der Waals surface area contributed by atoms with Crippen LogP contribution < -0.4 is 5.32 Å². The van der Waals surface area contributed by atoms with Crippen LogP contribution in [0, 0.1) is 11.8 Å². The number of likely N-dealkylation sites (N-methyl/N-ethyl adjacent to an activating group) is 1. The molecule has 0 aromatic rings. The number of nitrogens with one attached hydrogen (secondary N) is 1. The first-order valence-electron chi connectivity index (χ1n) is 7.09. The zero-order valence-electron chi connectivity index (χ0n) is 12.4. The Morgan fingerprint density at radius 3 is 2.41 bits per heavy atom. The molecule has 1 saturated heterocycles. The third-order valence-corrected chi connectivity index (χ3v) is 3.67. The van der Waals surface area contributed by atoms with Gasteiger partial charge in [0.05, 0.1) is 0 Å². The molecule has 1 aliphatic heterocycles. The summed E-state index contributed by atoms with van der Waals surface area (Å²) in [4.78, 5) is 4.93. The SMILES string of the molecule is CC(C)CN(CCN(C)C)CC1CCNC1C. The van der Waals surface area contributed by atoms with Gasteiger partial charge in [-0.25, -0.2) is 0 Å². The molecule has 0 aromatic carbocycles. The van der Waals surface area contributed by atoms with Crippen molar-refractivity contribution in [3.05, 3.63) is 0 Å². The van der Waals surface area contributed by atoms with Crippen molar-refractivity contribution in [2.24, 2.45) is 11.8 Å². The van der Waals surface area contributed by atoms with Gasteiger partial charge in [0.1, 0.15) is 0 Å². The predicted octanol–water partition coefficient (Wildman–Crippen LogP) is 1.50. The summed E-state index contributed by atoms with van der Waals surface area (Å²) >= 11 is 0. The Bertz CT molecular complexity index is 204. The molecule has 1 N–H and O–H groups in total. The van der Waals surface area contributed by atoms with E-state index < -0.39 is 0 Å². The highest BCUT2D eigenvalue weighted by molar-refractivity contribution is 4.82. The molecule has 2 unspecified atom stereocenters. The first kappa shape index (κ1) is 14.9. The number of nitrogens with zero attached hydrogens (tertiary/aromatic N) is 2. The van der Waals surface area contributed by atoms with Crippen LogP contribution in [0.5, 0.6) is 0 Å². The van der Waals surface area contributed by atoms with Crippen LogP contribution in [-0.4, -0.2) is 62.7 Å². The molecule has 0 radical (unpaired) electrons. The molecule has 3 nitrogen and oxygen atoms in total.